The van der Waals surface area contributed by atoms with Gasteiger partial charge >= 0.3 is 5.97 Å². The molecule has 0 saturated heterocycles. The van der Waals surface area contributed by atoms with E-state index in [1.807, 2.05) is 12.1 Å². The first-order chi connectivity index (χ1) is 9.99. The Morgan fingerprint density at radius 1 is 1.29 bits per heavy atom. The van der Waals surface area contributed by atoms with Gasteiger partial charge in [0.15, 0.2) is 6.10 Å². The van der Waals surface area contributed by atoms with Crippen molar-refractivity contribution in [3.63, 3.8) is 0 Å². The van der Waals surface area contributed by atoms with Gasteiger partial charge in [0.1, 0.15) is 5.75 Å². The quantitative estimate of drug-likeness (QED) is 0.507. The smallest absolute Gasteiger partial charge is 0.347 e. The van der Waals surface area contributed by atoms with Crippen LogP contribution in [0.2, 0.25) is 0 Å². The van der Waals surface area contributed by atoms with Crippen molar-refractivity contribution in [2.45, 2.75) is 39.8 Å². The second kappa shape index (κ2) is 9.43. The topological polar surface area (TPSA) is 47.6 Å². The Morgan fingerprint density at radius 2 is 1.90 bits per heavy atom. The molecule has 1 aromatic carbocycles. The lowest BCUT2D eigenvalue weighted by molar-refractivity contribution is -0.150. The van der Waals surface area contributed by atoms with Crippen LogP contribution in [-0.4, -0.2) is 25.2 Å². The fraction of sp³-hybridized carbons (Fsp3) is 0.533. The van der Waals surface area contributed by atoms with Crippen molar-refractivity contribution in [2.75, 3.05) is 13.2 Å². The molecule has 21 heavy (non-hydrogen) atoms. The second-order valence-electron chi connectivity index (χ2n) is 4.58. The molecule has 0 aliphatic carbocycles. The molecule has 0 radical (unpaired) electrons. The lowest BCUT2D eigenvalue weighted by atomic mass is 10.2. The molecule has 0 spiro atoms. The number of ether oxygens (including phenoxy) is 2. The van der Waals surface area contributed by atoms with Gasteiger partial charge in [0, 0.05) is 6.54 Å². The molecule has 6 heteroatoms. The number of halogens is 2. The van der Waals surface area contributed by atoms with Gasteiger partial charge in [-0.05, 0) is 76.4 Å². The number of hydrogen-bond acceptors (Lipinski definition) is 4. The van der Waals surface area contributed by atoms with Gasteiger partial charge in [-0.1, -0.05) is 6.92 Å². The minimum Gasteiger partial charge on any atom is -0.477 e. The zero-order chi connectivity index (χ0) is 15.8. The van der Waals surface area contributed by atoms with Crippen LogP contribution in [0.1, 0.15) is 32.8 Å². The highest BCUT2D eigenvalue weighted by molar-refractivity contribution is 9.11. The summed E-state index contributed by atoms with van der Waals surface area (Å²) in [6.07, 6.45) is 0.447. The molecule has 4 nitrogen and oxygen atoms in total. The van der Waals surface area contributed by atoms with E-state index in [1.54, 1.807) is 13.8 Å². The van der Waals surface area contributed by atoms with Gasteiger partial charge in [-0.2, -0.15) is 0 Å². The molecule has 0 heterocycles. The first-order valence-corrected chi connectivity index (χ1v) is 8.60. The van der Waals surface area contributed by atoms with Crippen molar-refractivity contribution >= 4 is 37.8 Å². The normalized spacial score (nSPS) is 12.0. The molecule has 1 aromatic rings. The van der Waals surface area contributed by atoms with Crippen LogP contribution in [0.5, 0.6) is 5.75 Å². The van der Waals surface area contributed by atoms with Gasteiger partial charge < -0.3 is 14.8 Å². The summed E-state index contributed by atoms with van der Waals surface area (Å²) in [6.45, 7) is 7.69. The standard InChI is InChI=1S/C15H21Br2NO3/c1-4-6-18-9-11-7-12(16)14(13(17)8-11)21-10(3)15(19)20-5-2/h7-8,10,18H,4-6,9H2,1-3H3. The van der Waals surface area contributed by atoms with E-state index in [1.165, 1.54) is 0 Å². The fourth-order valence-electron chi connectivity index (χ4n) is 1.72. The van der Waals surface area contributed by atoms with Crippen LogP contribution >= 0.6 is 31.9 Å². The predicted molar refractivity (Wildman–Crippen MR) is 90.6 cm³/mol. The Kier molecular flexibility index (Phi) is 8.29. The summed E-state index contributed by atoms with van der Waals surface area (Å²) in [5, 5.41) is 3.34. The molecule has 0 aromatic heterocycles. The molecular weight excluding hydrogens is 402 g/mol. The molecule has 1 atom stereocenters. The minimum absolute atomic E-state index is 0.344. The van der Waals surface area contributed by atoms with Crippen molar-refractivity contribution in [1.82, 2.24) is 5.32 Å². The maximum absolute atomic E-state index is 11.6. The highest BCUT2D eigenvalue weighted by atomic mass is 79.9. The molecule has 0 aliphatic heterocycles. The zero-order valence-corrected chi connectivity index (χ0v) is 15.7. The van der Waals surface area contributed by atoms with Gasteiger partial charge in [-0.3, -0.25) is 0 Å². The summed E-state index contributed by atoms with van der Waals surface area (Å²) in [5.74, 6) is 0.236. The summed E-state index contributed by atoms with van der Waals surface area (Å²) in [6, 6.07) is 3.97. The summed E-state index contributed by atoms with van der Waals surface area (Å²) >= 11 is 6.98. The molecule has 0 aliphatic rings. The van der Waals surface area contributed by atoms with Crippen LogP contribution in [0.3, 0.4) is 0 Å². The second-order valence-corrected chi connectivity index (χ2v) is 6.29. The van der Waals surface area contributed by atoms with Crippen LogP contribution in [0.4, 0.5) is 0 Å². The molecule has 0 amide bonds. The third-order valence-electron chi connectivity index (χ3n) is 2.73. The Bertz CT molecular complexity index is 457. The molecule has 0 bridgehead atoms. The van der Waals surface area contributed by atoms with E-state index in [0.29, 0.717) is 12.4 Å². The third-order valence-corrected chi connectivity index (χ3v) is 3.91. The van der Waals surface area contributed by atoms with Gasteiger partial charge in [0.05, 0.1) is 15.6 Å². The average molecular weight is 423 g/mol. The van der Waals surface area contributed by atoms with Gasteiger partial charge in [-0.15, -0.1) is 0 Å². The van der Waals surface area contributed by atoms with E-state index < -0.39 is 6.10 Å². The van der Waals surface area contributed by atoms with Crippen LogP contribution in [0, 0.1) is 0 Å². The molecule has 1 rings (SSSR count). The number of nitrogens with one attached hydrogen (secondary N) is 1. The number of carbonyl (C=O) groups excluding carboxylic acids is 1. The molecular formula is C15H21Br2NO3. The van der Waals surface area contributed by atoms with Crippen molar-refractivity contribution in [3.8, 4) is 5.75 Å². The van der Waals surface area contributed by atoms with E-state index in [2.05, 4.69) is 44.1 Å². The number of benzene rings is 1. The monoisotopic (exact) mass is 421 g/mol. The summed E-state index contributed by atoms with van der Waals surface area (Å²) in [5.41, 5.74) is 1.14. The number of carbonyl (C=O) groups is 1. The Hall–Kier alpha value is -0.590. The fourth-order valence-corrected chi connectivity index (χ4v) is 3.19. The van der Waals surface area contributed by atoms with E-state index in [9.17, 15) is 4.79 Å². The van der Waals surface area contributed by atoms with Crippen LogP contribution in [-0.2, 0) is 16.1 Å². The van der Waals surface area contributed by atoms with Crippen molar-refractivity contribution in [3.05, 3.63) is 26.6 Å². The Labute approximate surface area is 142 Å². The van der Waals surface area contributed by atoms with E-state index in [4.69, 9.17) is 9.47 Å². The summed E-state index contributed by atoms with van der Waals surface area (Å²) < 4.78 is 12.2. The van der Waals surface area contributed by atoms with Gasteiger partial charge in [0.25, 0.3) is 0 Å². The van der Waals surface area contributed by atoms with Crippen molar-refractivity contribution in [1.29, 1.82) is 0 Å². The van der Waals surface area contributed by atoms with Crippen LogP contribution < -0.4 is 10.1 Å². The van der Waals surface area contributed by atoms with E-state index in [0.717, 1.165) is 34.0 Å². The first kappa shape index (κ1) is 18.5. The Morgan fingerprint density at radius 3 is 2.43 bits per heavy atom. The maximum atomic E-state index is 11.6. The minimum atomic E-state index is -0.651. The van der Waals surface area contributed by atoms with Crippen molar-refractivity contribution < 1.29 is 14.3 Å². The maximum Gasteiger partial charge on any atom is 0.347 e. The van der Waals surface area contributed by atoms with Gasteiger partial charge in [-0.25, -0.2) is 4.79 Å². The number of hydrogen-bond donors (Lipinski definition) is 1. The molecule has 0 fully saturated rings. The number of esters is 1. The predicted octanol–water partition coefficient (Wildman–Crippen LogP) is 4.04. The van der Waals surface area contributed by atoms with E-state index in [-0.39, 0.29) is 5.97 Å². The Balaban J connectivity index is 2.77. The first-order valence-electron chi connectivity index (χ1n) is 7.01. The summed E-state index contributed by atoms with van der Waals surface area (Å²) in [7, 11) is 0. The van der Waals surface area contributed by atoms with Crippen molar-refractivity contribution in [2.24, 2.45) is 0 Å². The molecule has 118 valence electrons. The van der Waals surface area contributed by atoms with Crippen LogP contribution in [0.25, 0.3) is 0 Å². The van der Waals surface area contributed by atoms with E-state index >= 15 is 0 Å². The molecule has 1 unspecified atom stereocenters. The highest BCUT2D eigenvalue weighted by Gasteiger charge is 2.19. The number of rotatable bonds is 8. The molecule has 0 saturated carbocycles. The molecule has 1 N–H and O–H groups in total. The SMILES string of the molecule is CCCNCc1cc(Br)c(OC(C)C(=O)OCC)c(Br)c1. The third kappa shape index (κ3) is 5.96. The lowest BCUT2D eigenvalue weighted by Gasteiger charge is -2.17. The van der Waals surface area contributed by atoms with Gasteiger partial charge in [0.2, 0.25) is 0 Å². The highest BCUT2D eigenvalue weighted by Crippen LogP contribution is 2.35. The largest absolute Gasteiger partial charge is 0.477 e. The van der Waals surface area contributed by atoms with Crippen LogP contribution in [0.15, 0.2) is 21.1 Å². The summed E-state index contributed by atoms with van der Waals surface area (Å²) in [4.78, 5) is 11.6. The average Bonchev–Trinajstić information content (AvgIpc) is 2.43. The zero-order valence-electron chi connectivity index (χ0n) is 12.5. The lowest BCUT2D eigenvalue weighted by Crippen LogP contribution is -2.26.